The Bertz CT molecular complexity index is 1160. The summed E-state index contributed by atoms with van der Waals surface area (Å²) in [7, 11) is 5.70. The summed E-state index contributed by atoms with van der Waals surface area (Å²) in [6.45, 7) is 16.6. The molecule has 4 heteroatoms. The second-order valence-electron chi connectivity index (χ2n) is 10.8. The third-order valence-corrected chi connectivity index (χ3v) is 7.35. The van der Waals surface area contributed by atoms with Gasteiger partial charge in [0, 0.05) is 51.5 Å². The molecule has 1 N–H and O–H groups in total. The Labute approximate surface area is 232 Å². The fraction of sp³-hybridized carbons (Fsp3) is 0.441. The number of rotatable bonds is 10. The maximum atomic E-state index is 15.7. The number of hydrogen-bond acceptors (Lipinski definition) is 3. The number of allylic oxidation sites excluding steroid dienone is 10. The number of nitrogens with one attached hydrogen (secondary N) is 1. The lowest BCUT2D eigenvalue weighted by Gasteiger charge is -2.33. The molecule has 0 radical (unpaired) electrons. The Morgan fingerprint density at radius 2 is 1.84 bits per heavy atom. The maximum absolute atomic E-state index is 15.7. The zero-order chi connectivity index (χ0) is 28.4. The minimum absolute atomic E-state index is 0. The van der Waals surface area contributed by atoms with Gasteiger partial charge in [0.1, 0.15) is 5.82 Å². The van der Waals surface area contributed by atoms with Crippen molar-refractivity contribution in [1.29, 1.82) is 0 Å². The van der Waals surface area contributed by atoms with Gasteiger partial charge in [0.15, 0.2) is 0 Å². The Balaban J connectivity index is 0.00000760. The Hall–Kier alpha value is -2.98. The van der Waals surface area contributed by atoms with Gasteiger partial charge in [-0.3, -0.25) is 4.99 Å². The van der Waals surface area contributed by atoms with Crippen molar-refractivity contribution >= 4 is 17.5 Å². The van der Waals surface area contributed by atoms with Gasteiger partial charge in [-0.2, -0.15) is 0 Å². The molecule has 1 saturated heterocycles. The molecule has 0 aromatic heterocycles. The summed E-state index contributed by atoms with van der Waals surface area (Å²) in [5.41, 5.74) is 7.75. The Morgan fingerprint density at radius 3 is 2.39 bits per heavy atom. The van der Waals surface area contributed by atoms with Crippen LogP contribution in [0.25, 0.3) is 6.08 Å². The third-order valence-electron chi connectivity index (χ3n) is 7.35. The smallest absolute Gasteiger partial charge is 0.133 e. The SMILES string of the molecule is C=C/C(C)=C\C=C\CC(=C/C)/C(C)=C\C(=NC)c1cc(F)c(/C=C(\C)C2C[C@@H](C)N[C@@H](C)C2)c(N(C)C)c1.[HH]. The van der Waals surface area contributed by atoms with Crippen LogP contribution in [0.5, 0.6) is 0 Å². The molecule has 1 fully saturated rings. The number of piperidine rings is 1. The van der Waals surface area contributed by atoms with Crippen LogP contribution in [0.3, 0.4) is 0 Å². The predicted molar refractivity (Wildman–Crippen MR) is 169 cm³/mol. The second-order valence-corrected chi connectivity index (χ2v) is 10.8. The summed E-state index contributed by atoms with van der Waals surface area (Å²) in [6.07, 6.45) is 17.3. The van der Waals surface area contributed by atoms with Crippen molar-refractivity contribution in [2.45, 2.75) is 72.9 Å². The molecule has 0 spiro atoms. The number of hydrogen-bond donors (Lipinski definition) is 1. The molecule has 1 aromatic carbocycles. The summed E-state index contributed by atoms with van der Waals surface area (Å²) < 4.78 is 15.7. The van der Waals surface area contributed by atoms with Crippen LogP contribution in [0, 0.1) is 11.7 Å². The average Bonchev–Trinajstić information content (AvgIpc) is 2.87. The highest BCUT2D eigenvalue weighted by Gasteiger charge is 2.25. The van der Waals surface area contributed by atoms with Gasteiger partial charge < -0.3 is 10.2 Å². The number of benzene rings is 1. The highest BCUT2D eigenvalue weighted by atomic mass is 19.1. The zero-order valence-electron chi connectivity index (χ0n) is 25.0. The summed E-state index contributed by atoms with van der Waals surface area (Å²) in [5.74, 6) is 0.240. The molecule has 0 amide bonds. The zero-order valence-corrected chi connectivity index (χ0v) is 25.0. The largest absolute Gasteiger partial charge is 0.377 e. The van der Waals surface area contributed by atoms with Crippen LogP contribution in [0.1, 0.15) is 73.4 Å². The number of aliphatic imine (C=N–C) groups is 1. The molecular weight excluding hydrogens is 469 g/mol. The molecule has 2 rings (SSSR count). The van der Waals surface area contributed by atoms with Crippen molar-refractivity contribution in [3.8, 4) is 0 Å². The summed E-state index contributed by atoms with van der Waals surface area (Å²) in [4.78, 5) is 6.53. The van der Waals surface area contributed by atoms with Crippen molar-refractivity contribution < 1.29 is 5.82 Å². The van der Waals surface area contributed by atoms with E-state index in [1.807, 2.05) is 45.0 Å². The molecule has 0 bridgehead atoms. The highest BCUT2D eigenvalue weighted by Crippen LogP contribution is 2.32. The highest BCUT2D eigenvalue weighted by molar-refractivity contribution is 6.10. The molecule has 1 aromatic rings. The van der Waals surface area contributed by atoms with Gasteiger partial charge in [0.2, 0.25) is 0 Å². The quantitative estimate of drug-likeness (QED) is 0.247. The van der Waals surface area contributed by atoms with Crippen LogP contribution in [0.4, 0.5) is 10.1 Å². The van der Waals surface area contributed by atoms with Crippen LogP contribution in [0.15, 0.2) is 82.5 Å². The molecule has 0 aliphatic carbocycles. The molecular formula is C34H50FN3. The van der Waals surface area contributed by atoms with E-state index in [0.29, 0.717) is 23.6 Å². The van der Waals surface area contributed by atoms with Crippen molar-refractivity contribution in [3.63, 3.8) is 0 Å². The minimum Gasteiger partial charge on any atom is -0.377 e. The number of nitrogens with zero attached hydrogens (tertiary/aromatic N) is 2. The van der Waals surface area contributed by atoms with E-state index in [1.54, 1.807) is 13.1 Å². The van der Waals surface area contributed by atoms with Crippen molar-refractivity contribution in [2.75, 3.05) is 26.0 Å². The first-order valence-electron chi connectivity index (χ1n) is 13.7. The molecule has 1 unspecified atom stereocenters. The topological polar surface area (TPSA) is 27.6 Å². The first kappa shape index (κ1) is 31.2. The molecule has 0 saturated carbocycles. The number of anilines is 1. The van der Waals surface area contributed by atoms with Gasteiger partial charge in [-0.05, 0) is 96.1 Å². The lowest BCUT2D eigenvalue weighted by atomic mass is 9.83. The summed E-state index contributed by atoms with van der Waals surface area (Å²) in [6, 6.07) is 4.62. The standard InChI is InChI=1S/C34H48FN3.H2/c1-11-23(3)15-13-14-16-28(12-2)25(5)18-33(36-8)30-21-32(35)31(34(22-30)38(9)10)17-24(4)29-19-26(6)37-27(7)20-29;/h11-15,17-18,21-22,26-27,29,37H,1,16,19-20H2,2-10H3;1H/b14-13+,23-15-,24-17+,25-18-,28-12-,36-33?;/t26-,27+,29?;. The average molecular weight is 520 g/mol. The van der Waals surface area contributed by atoms with Gasteiger partial charge in [-0.25, -0.2) is 4.39 Å². The van der Waals surface area contributed by atoms with Crippen molar-refractivity contribution in [2.24, 2.45) is 10.9 Å². The van der Waals surface area contributed by atoms with E-state index in [9.17, 15) is 0 Å². The van der Waals surface area contributed by atoms with E-state index >= 15 is 4.39 Å². The normalized spacial score (nSPS) is 22.3. The number of halogens is 1. The van der Waals surface area contributed by atoms with Gasteiger partial charge in [0.25, 0.3) is 0 Å². The molecule has 3 nitrogen and oxygen atoms in total. The minimum atomic E-state index is -0.216. The van der Waals surface area contributed by atoms with E-state index in [1.165, 1.54) is 11.1 Å². The predicted octanol–water partition coefficient (Wildman–Crippen LogP) is 8.71. The second kappa shape index (κ2) is 14.8. The van der Waals surface area contributed by atoms with E-state index in [4.69, 9.17) is 0 Å². The van der Waals surface area contributed by atoms with Crippen molar-refractivity contribution in [1.82, 2.24) is 5.32 Å². The molecule has 1 aliphatic heterocycles. The van der Waals surface area contributed by atoms with E-state index in [0.717, 1.165) is 47.4 Å². The maximum Gasteiger partial charge on any atom is 0.133 e. The Morgan fingerprint density at radius 1 is 1.18 bits per heavy atom. The van der Waals surface area contributed by atoms with Crippen LogP contribution >= 0.6 is 0 Å². The van der Waals surface area contributed by atoms with E-state index in [-0.39, 0.29) is 7.24 Å². The lowest BCUT2D eigenvalue weighted by molar-refractivity contribution is 0.291. The van der Waals surface area contributed by atoms with Crippen LogP contribution < -0.4 is 10.2 Å². The summed E-state index contributed by atoms with van der Waals surface area (Å²) in [5, 5.41) is 3.60. The van der Waals surface area contributed by atoms with Gasteiger partial charge in [-0.15, -0.1) is 0 Å². The summed E-state index contributed by atoms with van der Waals surface area (Å²) >= 11 is 0. The third kappa shape index (κ3) is 8.80. The molecule has 38 heavy (non-hydrogen) atoms. The molecule has 3 atom stereocenters. The Kier molecular flexibility index (Phi) is 12.2. The first-order valence-corrected chi connectivity index (χ1v) is 13.7. The van der Waals surface area contributed by atoms with E-state index < -0.39 is 0 Å². The van der Waals surface area contributed by atoms with Crippen LogP contribution in [-0.4, -0.2) is 38.9 Å². The van der Waals surface area contributed by atoms with Gasteiger partial charge in [0.05, 0.1) is 5.71 Å². The van der Waals surface area contributed by atoms with Gasteiger partial charge in [-0.1, -0.05) is 54.2 Å². The lowest BCUT2D eigenvalue weighted by Crippen LogP contribution is -2.42. The van der Waals surface area contributed by atoms with Crippen molar-refractivity contribution in [3.05, 3.63) is 94.4 Å². The van der Waals surface area contributed by atoms with E-state index in [2.05, 4.69) is 81.0 Å². The fourth-order valence-corrected chi connectivity index (χ4v) is 5.12. The van der Waals surface area contributed by atoms with Crippen LogP contribution in [-0.2, 0) is 0 Å². The molecule has 1 heterocycles. The fourth-order valence-electron chi connectivity index (χ4n) is 5.12. The monoisotopic (exact) mass is 519 g/mol. The van der Waals surface area contributed by atoms with Gasteiger partial charge >= 0.3 is 0 Å². The first-order chi connectivity index (χ1) is 18.0. The van der Waals surface area contributed by atoms with Crippen LogP contribution in [0.2, 0.25) is 0 Å². The molecule has 208 valence electrons. The molecule has 1 aliphatic rings.